The van der Waals surface area contributed by atoms with Crippen molar-refractivity contribution in [3.8, 4) is 5.75 Å². The van der Waals surface area contributed by atoms with Crippen LogP contribution >= 0.6 is 0 Å². The van der Waals surface area contributed by atoms with E-state index in [1.807, 2.05) is 0 Å². The normalized spacial score (nSPS) is 25.0. The van der Waals surface area contributed by atoms with Crippen LogP contribution in [0.15, 0.2) is 48.5 Å². The number of nitrogens with one attached hydrogen (secondary N) is 2. The summed E-state index contributed by atoms with van der Waals surface area (Å²) < 4.78 is 41.3. The molecule has 1 aliphatic heterocycles. The zero-order valence-electron chi connectivity index (χ0n) is 14.6. The van der Waals surface area contributed by atoms with Crippen LogP contribution in [0.3, 0.4) is 0 Å². The first kappa shape index (κ1) is 19.7. The molecule has 2 amide bonds. The second-order valence-electron chi connectivity index (χ2n) is 6.64. The van der Waals surface area contributed by atoms with Gasteiger partial charge in [-0.3, -0.25) is 4.79 Å². The molecule has 148 valence electrons. The van der Waals surface area contributed by atoms with Crippen LogP contribution in [0.4, 0.5) is 18.0 Å². The number of phenols is 1. The minimum atomic E-state index is -5.31. The van der Waals surface area contributed by atoms with Gasteiger partial charge in [-0.2, -0.15) is 13.2 Å². The lowest BCUT2D eigenvalue weighted by molar-refractivity contribution is -0.287. The molecule has 0 aliphatic carbocycles. The number of amides is 2. The molecule has 2 aromatic carbocycles. The van der Waals surface area contributed by atoms with Gasteiger partial charge in [0.25, 0.3) is 0 Å². The standard InChI is InChI=1S/C19H17F3N2O4/c1-10-2-4-12(5-3-10)16(26)14-15(11-6-8-13(25)9-7-11)23-17(27)24-18(14,28)19(20,21)22/h2-9,14-15,25,28H,1H3,(H2,23,24,27)/t14-,15+,18+/m0/s1. The fourth-order valence-corrected chi connectivity index (χ4v) is 3.20. The van der Waals surface area contributed by atoms with Crippen LogP contribution in [0.2, 0.25) is 0 Å². The van der Waals surface area contributed by atoms with E-state index in [9.17, 15) is 33.0 Å². The van der Waals surface area contributed by atoms with Crippen molar-refractivity contribution in [1.29, 1.82) is 0 Å². The predicted molar refractivity (Wildman–Crippen MR) is 92.5 cm³/mol. The average molecular weight is 394 g/mol. The van der Waals surface area contributed by atoms with Gasteiger partial charge >= 0.3 is 12.2 Å². The summed E-state index contributed by atoms with van der Waals surface area (Å²) in [5.74, 6) is -3.24. The molecule has 3 rings (SSSR count). The lowest BCUT2D eigenvalue weighted by Crippen LogP contribution is -2.72. The molecule has 0 bridgehead atoms. The van der Waals surface area contributed by atoms with E-state index in [0.29, 0.717) is 0 Å². The number of urea groups is 1. The fourth-order valence-electron chi connectivity index (χ4n) is 3.20. The number of hydrogen-bond donors (Lipinski definition) is 4. The molecule has 0 aromatic heterocycles. The molecule has 0 spiro atoms. The molecule has 1 heterocycles. The quantitative estimate of drug-likeness (QED) is 0.602. The largest absolute Gasteiger partial charge is 0.508 e. The number of phenolic OH excluding ortho intramolecular Hbond substituents is 1. The SMILES string of the molecule is Cc1ccc(C(=O)[C@@H]2[C@@H](c3ccc(O)cc3)NC(=O)N[C@]2(O)C(F)(F)F)cc1. The Morgan fingerprint density at radius 1 is 1.07 bits per heavy atom. The number of aromatic hydroxyl groups is 1. The molecule has 28 heavy (non-hydrogen) atoms. The highest BCUT2D eigenvalue weighted by molar-refractivity contribution is 6.00. The summed E-state index contributed by atoms with van der Waals surface area (Å²) in [5, 5.41) is 23.6. The van der Waals surface area contributed by atoms with E-state index in [1.165, 1.54) is 41.7 Å². The molecule has 1 fully saturated rings. The molecule has 3 atom stereocenters. The lowest BCUT2D eigenvalue weighted by atomic mass is 9.77. The molecule has 1 saturated heterocycles. The van der Waals surface area contributed by atoms with Gasteiger partial charge in [-0.25, -0.2) is 4.79 Å². The van der Waals surface area contributed by atoms with Crippen LogP contribution in [0.5, 0.6) is 5.75 Å². The summed E-state index contributed by atoms with van der Waals surface area (Å²) in [5.41, 5.74) is -2.89. The van der Waals surface area contributed by atoms with Crippen molar-refractivity contribution in [2.45, 2.75) is 24.9 Å². The number of hydrogen-bond acceptors (Lipinski definition) is 4. The predicted octanol–water partition coefficient (Wildman–Crippen LogP) is 2.80. The number of aliphatic hydroxyl groups is 1. The van der Waals surface area contributed by atoms with Gasteiger partial charge in [-0.1, -0.05) is 42.0 Å². The van der Waals surface area contributed by atoms with Crippen molar-refractivity contribution in [3.05, 3.63) is 65.2 Å². The summed E-state index contributed by atoms with van der Waals surface area (Å²) >= 11 is 0. The van der Waals surface area contributed by atoms with Gasteiger partial charge in [-0.05, 0) is 24.6 Å². The van der Waals surface area contributed by atoms with Gasteiger partial charge in [0.2, 0.25) is 5.72 Å². The third-order valence-corrected chi connectivity index (χ3v) is 4.68. The first-order chi connectivity index (χ1) is 13.0. The highest BCUT2D eigenvalue weighted by Gasteiger charge is 2.66. The van der Waals surface area contributed by atoms with Gasteiger partial charge in [0, 0.05) is 5.56 Å². The Labute approximate surface area is 158 Å². The van der Waals surface area contributed by atoms with Crippen molar-refractivity contribution in [1.82, 2.24) is 10.6 Å². The molecule has 4 N–H and O–H groups in total. The Bertz CT molecular complexity index is 897. The van der Waals surface area contributed by atoms with E-state index >= 15 is 0 Å². The van der Waals surface area contributed by atoms with E-state index in [-0.39, 0.29) is 16.9 Å². The summed E-state index contributed by atoms with van der Waals surface area (Å²) in [7, 11) is 0. The van der Waals surface area contributed by atoms with E-state index in [0.717, 1.165) is 5.56 Å². The van der Waals surface area contributed by atoms with Gasteiger partial charge in [-0.15, -0.1) is 0 Å². The van der Waals surface area contributed by atoms with E-state index in [2.05, 4.69) is 5.32 Å². The molecule has 0 unspecified atom stereocenters. The van der Waals surface area contributed by atoms with Crippen molar-refractivity contribution in [2.24, 2.45) is 5.92 Å². The fraction of sp³-hybridized carbons (Fsp3) is 0.263. The van der Waals surface area contributed by atoms with Gasteiger partial charge in [0.1, 0.15) is 11.7 Å². The summed E-state index contributed by atoms with van der Waals surface area (Å²) in [6.45, 7) is 1.75. The van der Waals surface area contributed by atoms with Crippen LogP contribution in [-0.2, 0) is 0 Å². The summed E-state index contributed by atoms with van der Waals surface area (Å²) in [6.07, 6.45) is -5.31. The van der Waals surface area contributed by atoms with Crippen LogP contribution in [0.25, 0.3) is 0 Å². The second-order valence-corrected chi connectivity index (χ2v) is 6.64. The molecular formula is C19H17F3N2O4. The number of benzene rings is 2. The zero-order valence-corrected chi connectivity index (χ0v) is 14.6. The van der Waals surface area contributed by atoms with Crippen LogP contribution in [0.1, 0.15) is 27.5 Å². The second kappa shape index (κ2) is 6.83. The number of Topliss-reactive ketones (excluding diaryl/α,β-unsaturated/α-hetero) is 1. The third kappa shape index (κ3) is 3.40. The van der Waals surface area contributed by atoms with Crippen LogP contribution < -0.4 is 10.6 Å². The third-order valence-electron chi connectivity index (χ3n) is 4.68. The topological polar surface area (TPSA) is 98.7 Å². The molecule has 0 saturated carbocycles. The molecule has 1 aliphatic rings. The Balaban J connectivity index is 2.15. The van der Waals surface area contributed by atoms with Gasteiger partial charge < -0.3 is 20.8 Å². The number of alkyl halides is 3. The first-order valence-corrected chi connectivity index (χ1v) is 8.30. The maximum atomic E-state index is 13.8. The maximum absolute atomic E-state index is 13.8. The number of halogens is 3. The van der Waals surface area contributed by atoms with E-state index < -0.39 is 35.7 Å². The monoisotopic (exact) mass is 394 g/mol. The minimum Gasteiger partial charge on any atom is -0.508 e. The van der Waals surface area contributed by atoms with Crippen molar-refractivity contribution < 1.29 is 33.0 Å². The molecule has 9 heteroatoms. The first-order valence-electron chi connectivity index (χ1n) is 8.30. The highest BCUT2D eigenvalue weighted by Crippen LogP contribution is 2.44. The van der Waals surface area contributed by atoms with E-state index in [1.54, 1.807) is 19.1 Å². The smallest absolute Gasteiger partial charge is 0.437 e. The number of carbonyl (C=O) groups is 2. The Morgan fingerprint density at radius 2 is 1.64 bits per heavy atom. The highest BCUT2D eigenvalue weighted by atomic mass is 19.4. The van der Waals surface area contributed by atoms with Crippen LogP contribution in [0, 0.1) is 12.8 Å². The van der Waals surface area contributed by atoms with Crippen molar-refractivity contribution in [3.63, 3.8) is 0 Å². The number of aryl methyl sites for hydroxylation is 1. The lowest BCUT2D eigenvalue weighted by Gasteiger charge is -2.45. The summed E-state index contributed by atoms with van der Waals surface area (Å²) in [4.78, 5) is 24.9. The number of rotatable bonds is 3. The van der Waals surface area contributed by atoms with Crippen LogP contribution in [-0.4, -0.2) is 33.9 Å². The minimum absolute atomic E-state index is 0.0417. The number of ketones is 1. The summed E-state index contributed by atoms with van der Waals surface area (Å²) in [6, 6.07) is 8.06. The molecule has 0 radical (unpaired) electrons. The van der Waals surface area contributed by atoms with Gasteiger partial charge in [0.15, 0.2) is 5.78 Å². The van der Waals surface area contributed by atoms with Crippen molar-refractivity contribution in [2.75, 3.05) is 0 Å². The molecular weight excluding hydrogens is 377 g/mol. The average Bonchev–Trinajstić information content (AvgIpc) is 2.61. The van der Waals surface area contributed by atoms with E-state index in [4.69, 9.17) is 0 Å². The molecule has 6 nitrogen and oxygen atoms in total. The Kier molecular flexibility index (Phi) is 4.80. The maximum Gasteiger partial charge on any atom is 0.437 e. The molecule has 2 aromatic rings. The Hall–Kier alpha value is -3.07. The Morgan fingerprint density at radius 3 is 2.18 bits per heavy atom. The van der Waals surface area contributed by atoms with Gasteiger partial charge in [0.05, 0.1) is 6.04 Å². The number of carbonyl (C=O) groups excluding carboxylic acids is 2. The van der Waals surface area contributed by atoms with Crippen molar-refractivity contribution >= 4 is 11.8 Å². The zero-order chi connectivity index (χ0) is 20.7.